The molecule has 2 heterocycles. The summed E-state index contributed by atoms with van der Waals surface area (Å²) in [6.45, 7) is 6.74. The number of hydrogen-bond acceptors (Lipinski definition) is 5. The van der Waals surface area contributed by atoms with Gasteiger partial charge < -0.3 is 0 Å². The van der Waals surface area contributed by atoms with Crippen molar-refractivity contribution in [1.29, 1.82) is 0 Å². The molecule has 0 N–H and O–H groups in total. The number of fused-ring (bicyclic) bond motifs is 3. The molecule has 1 aliphatic carbocycles. The second kappa shape index (κ2) is 6.43. The Bertz CT molecular complexity index is 790. The van der Waals surface area contributed by atoms with Crippen LogP contribution in [0, 0.1) is 5.92 Å². The molecule has 0 aromatic heterocycles. The molecule has 4 unspecified atom stereocenters. The summed E-state index contributed by atoms with van der Waals surface area (Å²) in [7, 11) is -2.30. The third-order valence-electron chi connectivity index (χ3n) is 4.70. The highest BCUT2D eigenvalue weighted by Gasteiger charge is 2.68. The molecule has 2 aliphatic heterocycles. The van der Waals surface area contributed by atoms with Crippen LogP contribution >= 0.6 is 34.3 Å². The Morgan fingerprint density at radius 1 is 1.28 bits per heavy atom. The molecule has 7 heteroatoms. The first-order chi connectivity index (χ1) is 11.8. The molecule has 136 valence electrons. The van der Waals surface area contributed by atoms with Crippen molar-refractivity contribution in [3.05, 3.63) is 42.0 Å². The van der Waals surface area contributed by atoms with Crippen LogP contribution in [-0.4, -0.2) is 34.8 Å². The summed E-state index contributed by atoms with van der Waals surface area (Å²) in [5.41, 5.74) is 2.00. The quantitative estimate of drug-likeness (QED) is 0.372. The first-order valence-electron chi connectivity index (χ1n) is 8.69. The van der Waals surface area contributed by atoms with E-state index < -0.39 is 9.06 Å². The molecule has 1 aromatic rings. The maximum absolute atomic E-state index is 13.3. The standard InChI is InChI=1S/C18H23NO2S4/c1-4-13-5-7-14(8-6-13)19(11-12(2)3)25(20,21)24-18-10-9-15-16(22-15)17(18)23-18/h5-10,12,15-17H,4,11H2,1-3H3. The van der Waals surface area contributed by atoms with Crippen LogP contribution in [0.25, 0.3) is 0 Å². The van der Waals surface area contributed by atoms with Gasteiger partial charge >= 0.3 is 0 Å². The summed E-state index contributed by atoms with van der Waals surface area (Å²) in [5, 5.41) is 1.71. The van der Waals surface area contributed by atoms with E-state index >= 15 is 0 Å². The highest BCUT2D eigenvalue weighted by atomic mass is 33.1. The summed E-state index contributed by atoms with van der Waals surface area (Å²) in [5.74, 6) is 0.270. The third kappa shape index (κ3) is 3.49. The zero-order valence-electron chi connectivity index (χ0n) is 14.6. The number of rotatable bonds is 7. The van der Waals surface area contributed by atoms with Gasteiger partial charge in [0.1, 0.15) is 4.08 Å². The predicted molar refractivity (Wildman–Crippen MR) is 113 cm³/mol. The fourth-order valence-electron chi connectivity index (χ4n) is 3.22. The number of hydrogen-bond donors (Lipinski definition) is 0. The Balaban J connectivity index is 1.59. The van der Waals surface area contributed by atoms with Crippen molar-refractivity contribution < 1.29 is 8.42 Å². The van der Waals surface area contributed by atoms with E-state index in [1.54, 1.807) is 4.31 Å². The Kier molecular flexibility index (Phi) is 4.66. The summed E-state index contributed by atoms with van der Waals surface area (Å²) < 4.78 is 27.9. The van der Waals surface area contributed by atoms with E-state index in [1.807, 2.05) is 47.8 Å². The molecule has 0 amide bonds. The molecule has 0 radical (unpaired) electrons. The third-order valence-corrected chi connectivity index (χ3v) is 12.4. The van der Waals surface area contributed by atoms with Gasteiger partial charge in [-0.15, -0.1) is 23.5 Å². The fourth-order valence-corrected chi connectivity index (χ4v) is 11.7. The average molecular weight is 414 g/mol. The van der Waals surface area contributed by atoms with Crippen LogP contribution in [0.2, 0.25) is 0 Å². The summed E-state index contributed by atoms with van der Waals surface area (Å²) in [6.07, 6.45) is 5.30. The molecule has 0 bridgehead atoms. The molecule has 0 spiro atoms. The van der Waals surface area contributed by atoms with Crippen LogP contribution in [-0.2, 0) is 15.5 Å². The van der Waals surface area contributed by atoms with Gasteiger partial charge in [0.25, 0.3) is 9.06 Å². The molecule has 25 heavy (non-hydrogen) atoms. The van der Waals surface area contributed by atoms with Crippen LogP contribution in [0.4, 0.5) is 5.69 Å². The lowest BCUT2D eigenvalue weighted by atomic mass is 10.1. The van der Waals surface area contributed by atoms with Gasteiger partial charge in [0.05, 0.1) is 5.69 Å². The molecule has 4 atom stereocenters. The lowest BCUT2D eigenvalue weighted by molar-refractivity contribution is 0.591. The van der Waals surface area contributed by atoms with E-state index in [4.69, 9.17) is 0 Å². The smallest absolute Gasteiger partial charge is 0.261 e. The summed E-state index contributed by atoms with van der Waals surface area (Å²) in [4.78, 5) is 0. The monoisotopic (exact) mass is 413 g/mol. The molecule has 0 saturated carbocycles. The van der Waals surface area contributed by atoms with Crippen molar-refractivity contribution in [2.45, 2.75) is 47.0 Å². The van der Waals surface area contributed by atoms with E-state index in [1.165, 1.54) is 5.56 Å². The summed E-state index contributed by atoms with van der Waals surface area (Å²) >= 11 is 3.77. The minimum absolute atomic E-state index is 0.262. The number of anilines is 1. The van der Waals surface area contributed by atoms with Gasteiger partial charge in [-0.1, -0.05) is 45.1 Å². The van der Waals surface area contributed by atoms with Crippen LogP contribution in [0.5, 0.6) is 0 Å². The molecular formula is C18H23NO2S4. The highest BCUT2D eigenvalue weighted by molar-refractivity contribution is 8.75. The Morgan fingerprint density at radius 3 is 2.64 bits per heavy atom. The zero-order valence-corrected chi connectivity index (χ0v) is 17.9. The van der Waals surface area contributed by atoms with E-state index in [0.29, 0.717) is 22.3 Å². The first-order valence-corrected chi connectivity index (χ1v) is 13.3. The minimum Gasteiger partial charge on any atom is -0.261 e. The van der Waals surface area contributed by atoms with Gasteiger partial charge in [-0.05, 0) is 30.0 Å². The van der Waals surface area contributed by atoms with Crippen molar-refractivity contribution in [3.8, 4) is 0 Å². The SMILES string of the molecule is CCc1ccc(N(CC(C)C)S(=O)(=O)SC23C=CC4SC4C2S3)cc1. The molecular weight excluding hydrogens is 390 g/mol. The van der Waals surface area contributed by atoms with Crippen molar-refractivity contribution in [2.75, 3.05) is 10.8 Å². The normalized spacial score (nSPS) is 32.2. The maximum atomic E-state index is 13.3. The first kappa shape index (κ1) is 18.1. The van der Waals surface area contributed by atoms with Gasteiger partial charge in [0.2, 0.25) is 0 Å². The Morgan fingerprint density at radius 2 is 2.00 bits per heavy atom. The van der Waals surface area contributed by atoms with E-state index in [-0.39, 0.29) is 10.00 Å². The van der Waals surface area contributed by atoms with Gasteiger partial charge in [-0.25, -0.2) is 0 Å². The Hall–Kier alpha value is -0.240. The van der Waals surface area contributed by atoms with Crippen LogP contribution in [0.15, 0.2) is 36.4 Å². The average Bonchev–Trinajstić information content (AvgIpc) is 3.44. The lowest BCUT2D eigenvalue weighted by Gasteiger charge is -2.27. The van der Waals surface area contributed by atoms with Crippen molar-refractivity contribution in [2.24, 2.45) is 5.92 Å². The van der Waals surface area contributed by atoms with Gasteiger partial charge in [-0.2, -0.15) is 8.42 Å². The Labute approximate surface area is 162 Å². The molecule has 3 nitrogen and oxygen atoms in total. The second-order valence-corrected chi connectivity index (χ2v) is 14.1. The number of benzene rings is 1. The zero-order chi connectivity index (χ0) is 17.8. The van der Waals surface area contributed by atoms with Crippen LogP contribution in [0.3, 0.4) is 0 Å². The van der Waals surface area contributed by atoms with Crippen molar-refractivity contribution >= 4 is 49.1 Å². The van der Waals surface area contributed by atoms with Crippen molar-refractivity contribution in [1.82, 2.24) is 0 Å². The fraction of sp³-hybridized carbons (Fsp3) is 0.556. The number of aryl methyl sites for hydroxylation is 1. The van der Waals surface area contributed by atoms with Crippen LogP contribution in [0.1, 0.15) is 26.3 Å². The number of nitrogens with zero attached hydrogens (tertiary/aromatic N) is 1. The molecule has 3 aliphatic rings. The van der Waals surface area contributed by atoms with E-state index in [9.17, 15) is 8.42 Å². The lowest BCUT2D eigenvalue weighted by Crippen LogP contribution is -2.34. The van der Waals surface area contributed by atoms with E-state index in [0.717, 1.165) is 22.9 Å². The predicted octanol–water partition coefficient (Wildman–Crippen LogP) is 4.55. The molecule has 2 saturated heterocycles. The molecule has 2 fully saturated rings. The second-order valence-electron chi connectivity index (χ2n) is 7.17. The summed E-state index contributed by atoms with van der Waals surface area (Å²) in [6, 6.07) is 7.94. The van der Waals surface area contributed by atoms with Crippen LogP contribution < -0.4 is 4.31 Å². The number of thioether (sulfide) groups is 2. The maximum Gasteiger partial charge on any atom is 0.290 e. The van der Waals surface area contributed by atoms with E-state index in [2.05, 4.69) is 32.9 Å². The van der Waals surface area contributed by atoms with Gasteiger partial charge in [-0.3, -0.25) is 4.31 Å². The molecule has 1 aromatic carbocycles. The molecule has 4 rings (SSSR count). The minimum atomic E-state index is -3.44. The largest absolute Gasteiger partial charge is 0.290 e. The van der Waals surface area contributed by atoms with Crippen molar-refractivity contribution in [3.63, 3.8) is 0 Å². The highest BCUT2D eigenvalue weighted by Crippen LogP contribution is 2.73. The van der Waals surface area contributed by atoms with Gasteiger partial charge in [0.15, 0.2) is 0 Å². The van der Waals surface area contributed by atoms with Gasteiger partial charge in [0, 0.05) is 33.1 Å². The topological polar surface area (TPSA) is 37.4 Å².